The number of ether oxygens (including phenoxy) is 2. The van der Waals surface area contributed by atoms with Crippen LogP contribution in [0.5, 0.6) is 0 Å². The molecule has 0 aromatic rings. The van der Waals surface area contributed by atoms with Crippen LogP contribution in [0.3, 0.4) is 0 Å². The van der Waals surface area contributed by atoms with E-state index in [2.05, 4.69) is 19.2 Å². The first-order valence-electron chi connectivity index (χ1n) is 13.1. The Balaban J connectivity index is 0.00000512. The topological polar surface area (TPSA) is 64.6 Å². The van der Waals surface area contributed by atoms with Gasteiger partial charge < -0.3 is 14.8 Å². The third-order valence-corrected chi connectivity index (χ3v) is 7.22. The van der Waals surface area contributed by atoms with E-state index in [9.17, 15) is 9.59 Å². The molecule has 0 bridgehead atoms. The lowest BCUT2D eigenvalue weighted by Crippen LogP contribution is -2.39. The molecule has 1 atom stereocenters. The van der Waals surface area contributed by atoms with Gasteiger partial charge in [0, 0.05) is 38.9 Å². The van der Waals surface area contributed by atoms with Crippen molar-refractivity contribution in [1.29, 1.82) is 0 Å². The lowest BCUT2D eigenvalue weighted by Gasteiger charge is -2.30. The van der Waals surface area contributed by atoms with Gasteiger partial charge in [0.25, 0.3) is 0 Å². The van der Waals surface area contributed by atoms with Crippen molar-refractivity contribution in [1.82, 2.24) is 5.32 Å². The van der Waals surface area contributed by atoms with E-state index in [1.54, 1.807) is 0 Å². The molecule has 0 spiro atoms. The highest BCUT2D eigenvalue weighted by Gasteiger charge is 2.29. The van der Waals surface area contributed by atoms with Crippen LogP contribution in [0, 0.1) is 11.8 Å². The molecule has 5 nitrogen and oxygen atoms in total. The number of nitrogens with one attached hydrogen (secondary N) is 1. The summed E-state index contributed by atoms with van der Waals surface area (Å²) in [5.41, 5.74) is 0. The molecule has 1 N–H and O–H groups in total. The standard InChI is InChI=1S/C26H47NO4.H2/c1-4-6-7-18-30-23-14-16-24(17-15-23)31-19-8-9-25(28)27-22-12-10-21(11-13-22)26(29)20(3)5-2;/h20-24H,4-19H2,1-3H3,(H,27,28);1H. The van der Waals surface area contributed by atoms with Gasteiger partial charge in [-0.3, -0.25) is 9.59 Å². The van der Waals surface area contributed by atoms with Crippen LogP contribution in [0.2, 0.25) is 0 Å². The highest BCUT2D eigenvalue weighted by atomic mass is 16.5. The van der Waals surface area contributed by atoms with E-state index in [-0.39, 0.29) is 25.2 Å². The van der Waals surface area contributed by atoms with E-state index >= 15 is 0 Å². The SMILES string of the molecule is CCCCCOC1CCC(OCCCC(=O)NC2CCC(C(=O)C(C)CC)CC2)CC1.[HH]. The number of hydrogen-bond donors (Lipinski definition) is 1. The van der Waals surface area contributed by atoms with Crippen LogP contribution < -0.4 is 5.32 Å². The summed E-state index contributed by atoms with van der Waals surface area (Å²) in [6, 6.07) is 0.238. The average Bonchev–Trinajstić information content (AvgIpc) is 2.80. The fourth-order valence-corrected chi connectivity index (χ4v) is 4.88. The molecule has 5 heteroatoms. The zero-order chi connectivity index (χ0) is 22.5. The number of carbonyl (C=O) groups excluding carboxylic acids is 2. The van der Waals surface area contributed by atoms with Crippen molar-refractivity contribution >= 4 is 11.7 Å². The molecule has 1 amide bonds. The zero-order valence-corrected chi connectivity index (χ0v) is 20.3. The number of ketones is 1. The molecule has 2 rings (SSSR count). The van der Waals surface area contributed by atoms with Crippen LogP contribution >= 0.6 is 0 Å². The molecule has 0 radical (unpaired) electrons. The number of amides is 1. The normalized spacial score (nSPS) is 27.6. The molecule has 1 unspecified atom stereocenters. The molecule has 2 fully saturated rings. The fourth-order valence-electron chi connectivity index (χ4n) is 4.88. The van der Waals surface area contributed by atoms with Gasteiger partial charge in [-0.1, -0.05) is 33.6 Å². The van der Waals surface area contributed by atoms with Crippen molar-refractivity contribution < 1.29 is 20.5 Å². The maximum Gasteiger partial charge on any atom is 0.220 e. The first-order valence-corrected chi connectivity index (χ1v) is 13.1. The minimum Gasteiger partial charge on any atom is -0.378 e. The van der Waals surface area contributed by atoms with Gasteiger partial charge >= 0.3 is 0 Å². The second-order valence-electron chi connectivity index (χ2n) is 9.78. The van der Waals surface area contributed by atoms with E-state index < -0.39 is 0 Å². The summed E-state index contributed by atoms with van der Waals surface area (Å²) in [6.07, 6.45) is 14.7. The van der Waals surface area contributed by atoms with Gasteiger partial charge in [0.15, 0.2) is 0 Å². The second kappa shape index (κ2) is 15.0. The quantitative estimate of drug-likeness (QED) is 0.345. The molecule has 0 aromatic carbocycles. The highest BCUT2D eigenvalue weighted by Crippen LogP contribution is 2.28. The Morgan fingerprint density at radius 2 is 1.45 bits per heavy atom. The molecule has 2 aliphatic carbocycles. The van der Waals surface area contributed by atoms with Crippen LogP contribution in [-0.4, -0.2) is 43.2 Å². The van der Waals surface area contributed by atoms with Crippen LogP contribution in [0.15, 0.2) is 0 Å². The summed E-state index contributed by atoms with van der Waals surface area (Å²) in [6.45, 7) is 7.89. The van der Waals surface area contributed by atoms with Gasteiger partial charge in [-0.15, -0.1) is 0 Å². The van der Waals surface area contributed by atoms with Crippen molar-refractivity contribution in [3.8, 4) is 0 Å². The van der Waals surface area contributed by atoms with Crippen LogP contribution in [0.4, 0.5) is 0 Å². The number of carbonyl (C=O) groups is 2. The fraction of sp³-hybridized carbons (Fsp3) is 0.923. The first-order chi connectivity index (χ1) is 15.0. The Hall–Kier alpha value is -0.940. The number of unbranched alkanes of at least 4 members (excludes halogenated alkanes) is 2. The molecule has 2 saturated carbocycles. The van der Waals surface area contributed by atoms with Crippen molar-refractivity contribution in [2.75, 3.05) is 13.2 Å². The van der Waals surface area contributed by atoms with Gasteiger partial charge in [0.2, 0.25) is 5.91 Å². The van der Waals surface area contributed by atoms with Crippen molar-refractivity contribution in [3.05, 3.63) is 0 Å². The number of rotatable bonds is 14. The molecule has 0 aromatic heterocycles. The Labute approximate surface area is 191 Å². The molecule has 31 heavy (non-hydrogen) atoms. The van der Waals surface area contributed by atoms with Crippen molar-refractivity contribution in [3.63, 3.8) is 0 Å². The van der Waals surface area contributed by atoms with Gasteiger partial charge in [-0.2, -0.15) is 0 Å². The Morgan fingerprint density at radius 3 is 2.00 bits per heavy atom. The third-order valence-electron chi connectivity index (χ3n) is 7.22. The predicted octanol–water partition coefficient (Wildman–Crippen LogP) is 5.84. The average molecular weight is 440 g/mol. The zero-order valence-electron chi connectivity index (χ0n) is 20.3. The summed E-state index contributed by atoms with van der Waals surface area (Å²) in [5.74, 6) is 0.920. The van der Waals surface area contributed by atoms with E-state index in [0.717, 1.165) is 70.8 Å². The summed E-state index contributed by atoms with van der Waals surface area (Å²) < 4.78 is 12.0. The molecule has 0 saturated heterocycles. The number of Topliss-reactive ketones (excluding diaryl/α,β-unsaturated/α-hetero) is 1. The van der Waals surface area contributed by atoms with E-state index in [1.165, 1.54) is 19.3 Å². The maximum atomic E-state index is 12.3. The highest BCUT2D eigenvalue weighted by molar-refractivity contribution is 5.83. The second-order valence-corrected chi connectivity index (χ2v) is 9.78. The minimum atomic E-state index is 0. The van der Waals surface area contributed by atoms with E-state index in [1.807, 2.05) is 6.92 Å². The monoisotopic (exact) mass is 439 g/mol. The summed E-state index contributed by atoms with van der Waals surface area (Å²) in [7, 11) is 0. The van der Waals surface area contributed by atoms with Gasteiger partial charge in [0.1, 0.15) is 5.78 Å². The number of hydrogen-bond acceptors (Lipinski definition) is 4. The van der Waals surface area contributed by atoms with Gasteiger partial charge in [0.05, 0.1) is 12.2 Å². The smallest absolute Gasteiger partial charge is 0.220 e. The van der Waals surface area contributed by atoms with Crippen LogP contribution in [-0.2, 0) is 19.1 Å². The lowest BCUT2D eigenvalue weighted by atomic mass is 9.79. The Morgan fingerprint density at radius 1 is 0.871 bits per heavy atom. The predicted molar refractivity (Wildman–Crippen MR) is 127 cm³/mol. The van der Waals surface area contributed by atoms with Crippen molar-refractivity contribution in [2.24, 2.45) is 11.8 Å². The van der Waals surface area contributed by atoms with Crippen molar-refractivity contribution in [2.45, 2.75) is 129 Å². The van der Waals surface area contributed by atoms with Crippen LogP contribution in [0.25, 0.3) is 0 Å². The first kappa shape index (κ1) is 26.3. The lowest BCUT2D eigenvalue weighted by molar-refractivity contribution is -0.127. The van der Waals surface area contributed by atoms with Gasteiger partial charge in [-0.05, 0) is 70.6 Å². The Bertz CT molecular complexity index is 514. The van der Waals surface area contributed by atoms with E-state index in [4.69, 9.17) is 9.47 Å². The third kappa shape index (κ3) is 10.0. The van der Waals surface area contributed by atoms with E-state index in [0.29, 0.717) is 31.0 Å². The minimum absolute atomic E-state index is 0. The summed E-state index contributed by atoms with van der Waals surface area (Å²) in [4.78, 5) is 24.6. The molecular weight excluding hydrogens is 390 g/mol. The van der Waals surface area contributed by atoms with Gasteiger partial charge in [-0.25, -0.2) is 0 Å². The molecule has 182 valence electrons. The maximum absolute atomic E-state index is 12.3. The molecular formula is C26H49NO4. The molecule has 0 aliphatic heterocycles. The largest absolute Gasteiger partial charge is 0.378 e. The summed E-state index contributed by atoms with van der Waals surface area (Å²) in [5, 5.41) is 3.17. The molecule has 2 aliphatic rings. The molecule has 0 heterocycles. The van der Waals surface area contributed by atoms with Crippen LogP contribution in [0.1, 0.15) is 112 Å². The Kier molecular flexibility index (Phi) is 12.7. The summed E-state index contributed by atoms with van der Waals surface area (Å²) >= 11 is 0.